The van der Waals surface area contributed by atoms with Crippen LogP contribution in [0.5, 0.6) is 0 Å². The first-order valence-electron chi connectivity index (χ1n) is 5.12. The third kappa shape index (κ3) is 5.19. The summed E-state index contributed by atoms with van der Waals surface area (Å²) in [6.07, 6.45) is 0. The Kier molecular flexibility index (Phi) is 6.49. The quantitative estimate of drug-likeness (QED) is 0.632. The van der Waals surface area contributed by atoms with Crippen molar-refractivity contribution in [1.29, 1.82) is 0 Å². The van der Waals surface area contributed by atoms with Crippen LogP contribution in [0.2, 0.25) is 0 Å². The zero-order chi connectivity index (χ0) is 11.1. The third-order valence-corrected chi connectivity index (χ3v) is 2.01. The smallest absolute Gasteiger partial charge is 0.234 e. The lowest BCUT2D eigenvalue weighted by Crippen LogP contribution is -2.49. The van der Waals surface area contributed by atoms with Gasteiger partial charge in [0.2, 0.25) is 5.91 Å². The van der Waals surface area contributed by atoms with Crippen molar-refractivity contribution in [2.24, 2.45) is 11.7 Å². The van der Waals surface area contributed by atoms with Gasteiger partial charge in [0.05, 0.1) is 12.6 Å². The molecule has 84 valence electrons. The lowest BCUT2D eigenvalue weighted by molar-refractivity contribution is -0.121. The van der Waals surface area contributed by atoms with Crippen LogP contribution in [0, 0.1) is 5.92 Å². The molecule has 0 bridgehead atoms. The Hall–Kier alpha value is -0.610. The Morgan fingerprint density at radius 2 is 2.00 bits per heavy atom. The summed E-state index contributed by atoms with van der Waals surface area (Å²) >= 11 is 0. The van der Waals surface area contributed by atoms with Crippen LogP contribution in [-0.2, 0) is 9.53 Å². The van der Waals surface area contributed by atoms with Gasteiger partial charge < -0.3 is 15.8 Å². The molecule has 4 heteroatoms. The van der Waals surface area contributed by atoms with E-state index >= 15 is 0 Å². The minimum absolute atomic E-state index is 0.148. The summed E-state index contributed by atoms with van der Waals surface area (Å²) in [5.74, 6) is -0.0973. The SMILES string of the molecule is CCOCC(C)NC(C(N)=O)C(C)C. The van der Waals surface area contributed by atoms with Crippen molar-refractivity contribution in [2.45, 2.75) is 39.8 Å². The molecular formula is C10H22N2O2. The summed E-state index contributed by atoms with van der Waals surface area (Å²) in [7, 11) is 0. The fourth-order valence-corrected chi connectivity index (χ4v) is 1.25. The lowest BCUT2D eigenvalue weighted by atomic mass is 10.0. The Labute approximate surface area is 86.2 Å². The molecule has 0 aromatic rings. The van der Waals surface area contributed by atoms with E-state index in [0.29, 0.717) is 13.2 Å². The van der Waals surface area contributed by atoms with Gasteiger partial charge in [0.15, 0.2) is 0 Å². The molecule has 4 nitrogen and oxygen atoms in total. The van der Waals surface area contributed by atoms with Crippen LogP contribution in [0.15, 0.2) is 0 Å². The molecule has 0 aromatic heterocycles. The zero-order valence-electron chi connectivity index (χ0n) is 9.54. The first-order valence-corrected chi connectivity index (χ1v) is 5.12. The number of primary amides is 1. The molecule has 0 fully saturated rings. The van der Waals surface area contributed by atoms with Gasteiger partial charge in [-0.25, -0.2) is 0 Å². The van der Waals surface area contributed by atoms with Gasteiger partial charge in [-0.1, -0.05) is 13.8 Å². The van der Waals surface area contributed by atoms with E-state index < -0.39 is 0 Å². The fraction of sp³-hybridized carbons (Fsp3) is 0.900. The summed E-state index contributed by atoms with van der Waals surface area (Å²) in [5.41, 5.74) is 5.27. The molecule has 3 N–H and O–H groups in total. The van der Waals surface area contributed by atoms with Crippen molar-refractivity contribution in [3.8, 4) is 0 Å². The van der Waals surface area contributed by atoms with E-state index in [2.05, 4.69) is 5.32 Å². The second kappa shape index (κ2) is 6.79. The highest BCUT2D eigenvalue weighted by atomic mass is 16.5. The van der Waals surface area contributed by atoms with E-state index in [1.165, 1.54) is 0 Å². The summed E-state index contributed by atoms with van der Waals surface area (Å²) in [4.78, 5) is 11.1. The normalized spacial score (nSPS) is 15.5. The second-order valence-corrected chi connectivity index (χ2v) is 3.85. The van der Waals surface area contributed by atoms with E-state index in [-0.39, 0.29) is 23.9 Å². The van der Waals surface area contributed by atoms with Crippen LogP contribution in [0.1, 0.15) is 27.7 Å². The Morgan fingerprint density at radius 3 is 2.36 bits per heavy atom. The molecule has 0 saturated heterocycles. The van der Waals surface area contributed by atoms with Crippen LogP contribution in [-0.4, -0.2) is 31.2 Å². The maximum absolute atomic E-state index is 11.1. The molecule has 0 aliphatic carbocycles. The minimum Gasteiger partial charge on any atom is -0.380 e. The fourth-order valence-electron chi connectivity index (χ4n) is 1.25. The molecule has 0 rings (SSSR count). The Bertz CT molecular complexity index is 172. The molecule has 0 aromatic carbocycles. The van der Waals surface area contributed by atoms with E-state index in [9.17, 15) is 4.79 Å². The van der Waals surface area contributed by atoms with Gasteiger partial charge in [-0.3, -0.25) is 4.79 Å². The molecule has 0 saturated carbocycles. The van der Waals surface area contributed by atoms with Crippen molar-refractivity contribution in [3.63, 3.8) is 0 Å². The van der Waals surface area contributed by atoms with Crippen LogP contribution in [0.3, 0.4) is 0 Å². The van der Waals surface area contributed by atoms with Crippen LogP contribution >= 0.6 is 0 Å². The molecule has 0 spiro atoms. The monoisotopic (exact) mass is 202 g/mol. The van der Waals surface area contributed by atoms with Crippen LogP contribution in [0.25, 0.3) is 0 Å². The van der Waals surface area contributed by atoms with E-state index in [4.69, 9.17) is 10.5 Å². The molecular weight excluding hydrogens is 180 g/mol. The predicted molar refractivity (Wildman–Crippen MR) is 56.9 cm³/mol. The second-order valence-electron chi connectivity index (χ2n) is 3.85. The maximum atomic E-state index is 11.1. The van der Waals surface area contributed by atoms with Crippen molar-refractivity contribution in [3.05, 3.63) is 0 Å². The molecule has 0 aliphatic rings. The summed E-state index contributed by atoms with van der Waals surface area (Å²) in [6.45, 7) is 9.16. The minimum atomic E-state index is -0.302. The average molecular weight is 202 g/mol. The van der Waals surface area contributed by atoms with Crippen molar-refractivity contribution >= 4 is 5.91 Å². The number of ether oxygens (including phenoxy) is 1. The molecule has 2 atom stereocenters. The number of nitrogens with two attached hydrogens (primary N) is 1. The highest BCUT2D eigenvalue weighted by molar-refractivity contribution is 5.80. The molecule has 0 aliphatic heterocycles. The van der Waals surface area contributed by atoms with Crippen molar-refractivity contribution in [1.82, 2.24) is 5.32 Å². The highest BCUT2D eigenvalue weighted by Gasteiger charge is 2.20. The number of carbonyl (C=O) groups is 1. The number of amides is 1. The van der Waals surface area contributed by atoms with Gasteiger partial charge >= 0.3 is 0 Å². The summed E-state index contributed by atoms with van der Waals surface area (Å²) < 4.78 is 5.24. The number of hydrogen-bond donors (Lipinski definition) is 2. The number of hydrogen-bond acceptors (Lipinski definition) is 3. The topological polar surface area (TPSA) is 64.3 Å². The largest absolute Gasteiger partial charge is 0.380 e. The predicted octanol–water partition coefficient (Wildman–Crippen LogP) is 0.511. The van der Waals surface area contributed by atoms with Gasteiger partial charge in [-0.2, -0.15) is 0 Å². The molecule has 1 amide bonds. The van der Waals surface area contributed by atoms with Crippen LogP contribution < -0.4 is 11.1 Å². The lowest BCUT2D eigenvalue weighted by Gasteiger charge is -2.23. The van der Waals surface area contributed by atoms with E-state index in [0.717, 1.165) is 0 Å². The third-order valence-electron chi connectivity index (χ3n) is 2.01. The van der Waals surface area contributed by atoms with Gasteiger partial charge in [-0.15, -0.1) is 0 Å². The molecule has 0 radical (unpaired) electrons. The maximum Gasteiger partial charge on any atom is 0.234 e. The Balaban J connectivity index is 3.96. The summed E-state index contributed by atoms with van der Waals surface area (Å²) in [6, 6.07) is -0.125. The number of rotatable bonds is 7. The summed E-state index contributed by atoms with van der Waals surface area (Å²) in [5, 5.41) is 3.15. The van der Waals surface area contributed by atoms with Gasteiger partial charge in [0.1, 0.15) is 0 Å². The Morgan fingerprint density at radius 1 is 1.43 bits per heavy atom. The highest BCUT2D eigenvalue weighted by Crippen LogP contribution is 2.02. The van der Waals surface area contributed by atoms with E-state index in [1.54, 1.807) is 0 Å². The average Bonchev–Trinajstić information content (AvgIpc) is 2.09. The van der Waals surface area contributed by atoms with Crippen LogP contribution in [0.4, 0.5) is 0 Å². The molecule has 2 unspecified atom stereocenters. The number of carbonyl (C=O) groups excluding carboxylic acids is 1. The molecule has 14 heavy (non-hydrogen) atoms. The van der Waals surface area contributed by atoms with Crippen molar-refractivity contribution in [2.75, 3.05) is 13.2 Å². The van der Waals surface area contributed by atoms with Crippen molar-refractivity contribution < 1.29 is 9.53 Å². The van der Waals surface area contributed by atoms with Gasteiger partial charge in [0, 0.05) is 12.6 Å². The molecule has 0 heterocycles. The first-order chi connectivity index (χ1) is 6.49. The standard InChI is InChI=1S/C10H22N2O2/c1-5-14-6-8(4)12-9(7(2)3)10(11)13/h7-9,12H,5-6H2,1-4H3,(H2,11,13). The van der Waals surface area contributed by atoms with Gasteiger partial charge in [0.25, 0.3) is 0 Å². The number of nitrogens with one attached hydrogen (secondary N) is 1. The van der Waals surface area contributed by atoms with Gasteiger partial charge in [-0.05, 0) is 19.8 Å². The zero-order valence-corrected chi connectivity index (χ0v) is 9.54. The first kappa shape index (κ1) is 13.4. The van der Waals surface area contributed by atoms with E-state index in [1.807, 2.05) is 27.7 Å².